The van der Waals surface area contributed by atoms with Gasteiger partial charge in [-0.15, -0.1) is 0 Å². The second-order valence-electron chi connectivity index (χ2n) is 21.2. The average molecular weight is 969 g/mol. The van der Waals surface area contributed by atoms with Crippen LogP contribution in [-0.4, -0.2) is 4.57 Å². The maximum atomic E-state index is 7.13. The standard InChI is InChI=1S/C73H48N2O/c1-73(2)64-36-29-46-16-6-8-20-56(46)71(64)61-35-33-54(44-65(61)73)75-68-38-32-52(43-70(68)76-72-57-21-9-7-17-47(57)30-39-69(72)75)51-31-37-67-63(42-51)60-22-10-11-25-66(60)74(67)53-19-12-18-49(40-53)50-27-26-48-28-34-59-55(45-14-4-3-5-15-45)23-13-24-58(59)62(48)41-50/h3-44H,1-2H3. The number of benzene rings is 13. The van der Waals surface area contributed by atoms with Gasteiger partial charge >= 0.3 is 0 Å². The molecular formula is C73H48N2O. The molecule has 1 aromatic heterocycles. The van der Waals surface area contributed by atoms with Gasteiger partial charge in [-0.25, -0.2) is 0 Å². The molecule has 0 amide bonds. The lowest BCUT2D eigenvalue weighted by Crippen LogP contribution is -2.18. The minimum atomic E-state index is -0.179. The molecular weight excluding hydrogens is 921 g/mol. The van der Waals surface area contributed by atoms with Crippen molar-refractivity contribution < 1.29 is 4.74 Å². The Morgan fingerprint density at radius 2 is 0.947 bits per heavy atom. The molecule has 1 aliphatic carbocycles. The fraction of sp³-hybridized carbons (Fsp3) is 0.0411. The van der Waals surface area contributed by atoms with Crippen molar-refractivity contribution in [2.24, 2.45) is 0 Å². The lowest BCUT2D eigenvalue weighted by molar-refractivity contribution is 0.483. The number of nitrogens with zero attached hydrogens (tertiary/aromatic N) is 2. The van der Waals surface area contributed by atoms with E-state index < -0.39 is 0 Å². The van der Waals surface area contributed by atoms with E-state index in [1.807, 2.05) is 0 Å². The summed E-state index contributed by atoms with van der Waals surface area (Å²) in [6, 6.07) is 93.9. The van der Waals surface area contributed by atoms with Gasteiger partial charge in [0, 0.05) is 32.9 Å². The van der Waals surface area contributed by atoms with E-state index in [1.54, 1.807) is 0 Å². The first kappa shape index (κ1) is 42.8. The summed E-state index contributed by atoms with van der Waals surface area (Å²) in [7, 11) is 0. The Morgan fingerprint density at radius 1 is 0.329 bits per heavy atom. The molecule has 0 saturated carbocycles. The molecule has 0 radical (unpaired) electrons. The number of aromatic nitrogens is 1. The van der Waals surface area contributed by atoms with Gasteiger partial charge in [-0.1, -0.05) is 202 Å². The summed E-state index contributed by atoms with van der Waals surface area (Å²) in [5.41, 5.74) is 18.9. The molecule has 3 heteroatoms. The quantitative estimate of drug-likeness (QED) is 0.160. The lowest BCUT2D eigenvalue weighted by Gasteiger charge is -2.34. The molecule has 1 aliphatic heterocycles. The van der Waals surface area contributed by atoms with E-state index in [4.69, 9.17) is 4.74 Å². The molecule has 76 heavy (non-hydrogen) atoms. The van der Waals surface area contributed by atoms with E-state index in [0.717, 1.165) is 61.7 Å². The molecule has 16 rings (SSSR count). The van der Waals surface area contributed by atoms with Crippen molar-refractivity contribution in [3.63, 3.8) is 0 Å². The molecule has 0 N–H and O–H groups in total. The van der Waals surface area contributed by atoms with Crippen LogP contribution in [0, 0.1) is 0 Å². The van der Waals surface area contributed by atoms with Gasteiger partial charge in [-0.05, 0) is 160 Å². The van der Waals surface area contributed by atoms with E-state index in [-0.39, 0.29) is 5.41 Å². The Bertz CT molecular complexity index is 4770. The third-order valence-electron chi connectivity index (χ3n) is 16.7. The molecule has 0 saturated heterocycles. The van der Waals surface area contributed by atoms with Crippen LogP contribution < -0.4 is 9.64 Å². The minimum Gasteiger partial charge on any atom is -0.452 e. The van der Waals surface area contributed by atoms with Crippen LogP contribution >= 0.6 is 0 Å². The van der Waals surface area contributed by atoms with Crippen LogP contribution in [-0.2, 0) is 5.41 Å². The first-order chi connectivity index (χ1) is 37.4. The number of ether oxygens (including phenoxy) is 1. The van der Waals surface area contributed by atoms with Gasteiger partial charge in [0.2, 0.25) is 0 Å². The van der Waals surface area contributed by atoms with Crippen molar-refractivity contribution in [3.05, 3.63) is 266 Å². The first-order valence-corrected chi connectivity index (χ1v) is 26.4. The van der Waals surface area contributed by atoms with Gasteiger partial charge in [0.1, 0.15) is 0 Å². The predicted molar refractivity (Wildman–Crippen MR) is 319 cm³/mol. The van der Waals surface area contributed by atoms with Crippen molar-refractivity contribution in [1.82, 2.24) is 4.57 Å². The summed E-state index contributed by atoms with van der Waals surface area (Å²) in [5, 5.41) is 12.3. The van der Waals surface area contributed by atoms with Gasteiger partial charge < -0.3 is 14.2 Å². The molecule has 356 valence electrons. The molecule has 0 unspecified atom stereocenters. The number of hydrogen-bond acceptors (Lipinski definition) is 2. The Labute approximate surface area is 440 Å². The third kappa shape index (κ3) is 6.30. The second kappa shape index (κ2) is 16.1. The van der Waals surface area contributed by atoms with E-state index in [1.165, 1.54) is 93.1 Å². The molecule has 0 bridgehead atoms. The van der Waals surface area contributed by atoms with Crippen molar-refractivity contribution in [2.75, 3.05) is 4.90 Å². The monoisotopic (exact) mass is 968 g/mol. The summed E-state index contributed by atoms with van der Waals surface area (Å²) in [6.45, 7) is 4.74. The summed E-state index contributed by atoms with van der Waals surface area (Å²) >= 11 is 0. The topological polar surface area (TPSA) is 17.4 Å². The summed E-state index contributed by atoms with van der Waals surface area (Å²) < 4.78 is 9.55. The Morgan fingerprint density at radius 3 is 1.83 bits per heavy atom. The Hall–Kier alpha value is -9.70. The van der Waals surface area contributed by atoms with Crippen molar-refractivity contribution in [2.45, 2.75) is 19.3 Å². The number of hydrogen-bond donors (Lipinski definition) is 0. The number of para-hydroxylation sites is 1. The summed E-state index contributed by atoms with van der Waals surface area (Å²) in [6.07, 6.45) is 0. The zero-order valence-electron chi connectivity index (χ0n) is 42.1. The van der Waals surface area contributed by atoms with Crippen LogP contribution in [0.15, 0.2) is 255 Å². The largest absolute Gasteiger partial charge is 0.452 e. The maximum Gasteiger partial charge on any atom is 0.159 e. The molecule has 0 atom stereocenters. The van der Waals surface area contributed by atoms with E-state index in [0.29, 0.717) is 0 Å². The first-order valence-electron chi connectivity index (χ1n) is 26.4. The lowest BCUT2D eigenvalue weighted by atomic mass is 9.82. The zero-order chi connectivity index (χ0) is 50.2. The number of rotatable bonds is 5. The summed E-state index contributed by atoms with van der Waals surface area (Å²) in [5.74, 6) is 1.69. The molecule has 0 spiro atoms. The number of anilines is 3. The Kier molecular flexibility index (Phi) is 9.09. The summed E-state index contributed by atoms with van der Waals surface area (Å²) in [4.78, 5) is 2.41. The molecule has 3 nitrogen and oxygen atoms in total. The van der Waals surface area contributed by atoms with Gasteiger partial charge in [-0.3, -0.25) is 0 Å². The molecule has 0 fully saturated rings. The molecule has 13 aromatic carbocycles. The maximum absolute atomic E-state index is 7.13. The zero-order valence-corrected chi connectivity index (χ0v) is 42.1. The van der Waals surface area contributed by atoms with Gasteiger partial charge in [0.05, 0.1) is 22.4 Å². The highest BCUT2D eigenvalue weighted by molar-refractivity contribution is 6.14. The van der Waals surface area contributed by atoms with Crippen molar-refractivity contribution in [1.29, 1.82) is 0 Å². The number of fused-ring (bicyclic) bond motifs is 15. The van der Waals surface area contributed by atoms with Gasteiger partial charge in [0.25, 0.3) is 0 Å². The van der Waals surface area contributed by atoms with Crippen LogP contribution in [0.1, 0.15) is 25.0 Å². The van der Waals surface area contributed by atoms with E-state index in [2.05, 4.69) is 278 Å². The third-order valence-corrected chi connectivity index (χ3v) is 16.7. The van der Waals surface area contributed by atoms with E-state index >= 15 is 0 Å². The van der Waals surface area contributed by atoms with Gasteiger partial charge in [0.15, 0.2) is 11.5 Å². The highest BCUT2D eigenvalue weighted by Crippen LogP contribution is 2.57. The van der Waals surface area contributed by atoms with Gasteiger partial charge in [-0.2, -0.15) is 0 Å². The van der Waals surface area contributed by atoms with Crippen LogP contribution in [0.3, 0.4) is 0 Å². The van der Waals surface area contributed by atoms with Crippen molar-refractivity contribution >= 4 is 82.0 Å². The fourth-order valence-electron chi connectivity index (χ4n) is 13.0. The highest BCUT2D eigenvalue weighted by atomic mass is 16.5. The van der Waals surface area contributed by atoms with Crippen LogP contribution in [0.5, 0.6) is 11.5 Å². The van der Waals surface area contributed by atoms with Crippen molar-refractivity contribution in [3.8, 4) is 61.7 Å². The molecule has 2 aliphatic rings. The fourth-order valence-corrected chi connectivity index (χ4v) is 13.0. The predicted octanol–water partition coefficient (Wildman–Crippen LogP) is 20.3. The van der Waals surface area contributed by atoms with Crippen LogP contribution in [0.2, 0.25) is 0 Å². The Balaban J connectivity index is 0.797. The SMILES string of the molecule is CC1(C)c2cc(N3c4ccc(-c5ccc6c(c5)c5ccccc5n6-c5cccc(-c6ccc7ccc8c(-c9ccccc9)cccc8c7c6)c5)cc4Oc4c3ccc3ccccc43)ccc2-c2c1ccc1ccccc21. The minimum absolute atomic E-state index is 0.179. The molecule has 14 aromatic rings. The van der Waals surface area contributed by atoms with E-state index in [9.17, 15) is 0 Å². The normalized spacial score (nSPS) is 13.3. The molecule has 2 heterocycles. The van der Waals surface area contributed by atoms with Crippen LogP contribution in [0.4, 0.5) is 17.1 Å². The highest BCUT2D eigenvalue weighted by Gasteiger charge is 2.38. The van der Waals surface area contributed by atoms with Crippen LogP contribution in [0.25, 0.3) is 115 Å². The smallest absolute Gasteiger partial charge is 0.159 e. The second-order valence-corrected chi connectivity index (χ2v) is 21.2. The average Bonchev–Trinajstić information content (AvgIpc) is 3.94.